The van der Waals surface area contributed by atoms with E-state index in [9.17, 15) is 4.79 Å². The molecule has 2 heteroatoms. The van der Waals surface area contributed by atoms with E-state index < -0.39 is 5.97 Å². The quantitative estimate of drug-likeness (QED) is 0.610. The first-order valence-corrected chi connectivity index (χ1v) is 3.55. The Labute approximate surface area is 61.6 Å². The lowest BCUT2D eigenvalue weighted by molar-refractivity contribution is -0.137. The molecule has 58 valence electrons. The molecular weight excluding hydrogens is 128 g/mol. The predicted octanol–water partition coefficient (Wildman–Crippen LogP) is 2.06. The van der Waals surface area contributed by atoms with Crippen LogP contribution in [0.4, 0.5) is 0 Å². The van der Waals surface area contributed by atoms with Crippen LogP contribution in [0.15, 0.2) is 12.2 Å². The number of carboxylic acids is 1. The minimum Gasteiger partial charge on any atom is -0.481 e. The highest BCUT2D eigenvalue weighted by Crippen LogP contribution is 2.08. The normalized spacial score (nSPS) is 13.8. The zero-order valence-corrected chi connectivity index (χ0v) is 6.50. The zero-order chi connectivity index (χ0) is 7.98. The van der Waals surface area contributed by atoms with Crippen molar-refractivity contribution >= 4 is 5.97 Å². The maximum absolute atomic E-state index is 10.2. The van der Waals surface area contributed by atoms with Gasteiger partial charge < -0.3 is 5.11 Å². The van der Waals surface area contributed by atoms with Gasteiger partial charge in [-0.3, -0.25) is 4.79 Å². The number of hydrogen-bond acceptors (Lipinski definition) is 1. The van der Waals surface area contributed by atoms with E-state index in [4.69, 9.17) is 5.11 Å². The van der Waals surface area contributed by atoms with E-state index >= 15 is 0 Å². The first-order valence-electron chi connectivity index (χ1n) is 3.55. The number of aliphatic carboxylic acids is 1. The van der Waals surface area contributed by atoms with Crippen LogP contribution >= 0.6 is 0 Å². The molecule has 0 aromatic heterocycles. The lowest BCUT2D eigenvalue weighted by Gasteiger charge is -2.03. The molecule has 0 aromatic rings. The Bertz CT molecular complexity index is 127. The van der Waals surface area contributed by atoms with Gasteiger partial charge in [-0.25, -0.2) is 0 Å². The second kappa shape index (κ2) is 5.03. The summed E-state index contributed by atoms with van der Waals surface area (Å²) in [7, 11) is 0. The van der Waals surface area contributed by atoms with Crippen LogP contribution in [0.25, 0.3) is 0 Å². The molecule has 0 fully saturated rings. The lowest BCUT2D eigenvalue weighted by Crippen LogP contribution is -2.03. The van der Waals surface area contributed by atoms with Gasteiger partial charge in [-0.2, -0.15) is 0 Å². The van der Waals surface area contributed by atoms with Gasteiger partial charge in [0.2, 0.25) is 0 Å². The number of allylic oxidation sites excluding steroid dienone is 2. The van der Waals surface area contributed by atoms with Crippen LogP contribution in [0, 0.1) is 5.92 Å². The van der Waals surface area contributed by atoms with Crippen molar-refractivity contribution in [1.82, 2.24) is 0 Å². The van der Waals surface area contributed by atoms with Crippen molar-refractivity contribution in [2.45, 2.75) is 26.7 Å². The molecule has 0 saturated heterocycles. The van der Waals surface area contributed by atoms with Gasteiger partial charge in [0.1, 0.15) is 0 Å². The minimum absolute atomic E-state index is 0.211. The maximum Gasteiger partial charge on any atom is 0.303 e. The van der Waals surface area contributed by atoms with E-state index in [1.54, 1.807) is 0 Å². The van der Waals surface area contributed by atoms with Gasteiger partial charge in [0.25, 0.3) is 0 Å². The minimum atomic E-state index is -0.718. The molecule has 0 saturated carbocycles. The highest BCUT2D eigenvalue weighted by molar-refractivity contribution is 5.67. The number of carboxylic acid groups (broad SMARTS) is 1. The summed E-state index contributed by atoms with van der Waals surface area (Å²) in [6, 6.07) is 0. The summed E-state index contributed by atoms with van der Waals surface area (Å²) in [5.74, 6) is -0.507. The Hall–Kier alpha value is -0.790. The van der Waals surface area contributed by atoms with Gasteiger partial charge in [-0.1, -0.05) is 19.1 Å². The Balaban J connectivity index is 3.71. The van der Waals surface area contributed by atoms with Gasteiger partial charge >= 0.3 is 5.97 Å². The number of hydrogen-bond donors (Lipinski definition) is 1. The molecule has 1 atom stereocenters. The molecule has 10 heavy (non-hydrogen) atoms. The van der Waals surface area contributed by atoms with Crippen molar-refractivity contribution in [2.24, 2.45) is 5.92 Å². The highest BCUT2D eigenvalue weighted by atomic mass is 16.4. The predicted molar refractivity (Wildman–Crippen MR) is 40.8 cm³/mol. The third-order valence-corrected chi connectivity index (χ3v) is 1.43. The van der Waals surface area contributed by atoms with Crippen LogP contribution < -0.4 is 0 Å². The largest absolute Gasteiger partial charge is 0.481 e. The Kier molecular flexibility index (Phi) is 4.63. The zero-order valence-electron chi connectivity index (χ0n) is 6.50. The molecule has 0 bridgehead atoms. The van der Waals surface area contributed by atoms with Crippen molar-refractivity contribution < 1.29 is 9.90 Å². The molecule has 0 rings (SSSR count). The van der Waals surface area contributed by atoms with Gasteiger partial charge in [0.15, 0.2) is 0 Å². The average molecular weight is 142 g/mol. The fourth-order valence-electron chi connectivity index (χ4n) is 0.845. The summed E-state index contributed by atoms with van der Waals surface area (Å²) in [4.78, 5) is 10.2. The van der Waals surface area contributed by atoms with Crippen LogP contribution in [-0.2, 0) is 4.79 Å². The molecule has 1 N–H and O–H groups in total. The van der Waals surface area contributed by atoms with Crippen LogP contribution in [0.5, 0.6) is 0 Å². The Morgan fingerprint density at radius 3 is 2.60 bits per heavy atom. The highest BCUT2D eigenvalue weighted by Gasteiger charge is 2.05. The van der Waals surface area contributed by atoms with E-state index in [1.807, 2.05) is 26.0 Å². The monoisotopic (exact) mass is 142 g/mol. The van der Waals surface area contributed by atoms with Gasteiger partial charge in [0.05, 0.1) is 6.42 Å². The summed E-state index contributed by atoms with van der Waals surface area (Å²) in [6.07, 6.45) is 4.99. The molecule has 0 amide bonds. The van der Waals surface area contributed by atoms with E-state index in [0.29, 0.717) is 0 Å². The van der Waals surface area contributed by atoms with Gasteiger partial charge in [-0.05, 0) is 19.3 Å². The second-order valence-electron chi connectivity index (χ2n) is 2.29. The fourth-order valence-corrected chi connectivity index (χ4v) is 0.845. The smallest absolute Gasteiger partial charge is 0.303 e. The number of carbonyl (C=O) groups is 1. The SMILES string of the molecule is C/C=C/[C@@H](CC)CC(=O)O. The summed E-state index contributed by atoms with van der Waals surface area (Å²) in [5, 5.41) is 8.41. The van der Waals surface area contributed by atoms with Crippen LogP contribution in [-0.4, -0.2) is 11.1 Å². The summed E-state index contributed by atoms with van der Waals surface area (Å²) < 4.78 is 0. The second-order valence-corrected chi connectivity index (χ2v) is 2.29. The third kappa shape index (κ3) is 4.13. The van der Waals surface area contributed by atoms with E-state index in [0.717, 1.165) is 6.42 Å². The third-order valence-electron chi connectivity index (χ3n) is 1.43. The molecule has 0 aliphatic rings. The molecule has 0 aliphatic carbocycles. The molecule has 0 aliphatic heterocycles. The summed E-state index contributed by atoms with van der Waals surface area (Å²) in [6.45, 7) is 3.90. The molecule has 0 aromatic carbocycles. The van der Waals surface area contributed by atoms with E-state index in [2.05, 4.69) is 0 Å². The average Bonchev–Trinajstić information content (AvgIpc) is 1.86. The van der Waals surface area contributed by atoms with Crippen molar-refractivity contribution in [3.05, 3.63) is 12.2 Å². The molecular formula is C8H14O2. The Morgan fingerprint density at radius 2 is 2.30 bits per heavy atom. The summed E-state index contributed by atoms with van der Waals surface area (Å²) >= 11 is 0. The van der Waals surface area contributed by atoms with Crippen LogP contribution in [0.2, 0.25) is 0 Å². The lowest BCUT2D eigenvalue weighted by atomic mass is 10.0. The first kappa shape index (κ1) is 9.21. The molecule has 0 unspecified atom stereocenters. The van der Waals surface area contributed by atoms with E-state index in [1.165, 1.54) is 0 Å². The van der Waals surface area contributed by atoms with Crippen LogP contribution in [0.3, 0.4) is 0 Å². The standard InChI is InChI=1S/C8H14O2/c1-3-5-7(4-2)6-8(9)10/h3,5,7H,4,6H2,1-2H3,(H,9,10)/b5-3+/t7-/m1/s1. The van der Waals surface area contributed by atoms with E-state index in [-0.39, 0.29) is 12.3 Å². The van der Waals surface area contributed by atoms with Crippen molar-refractivity contribution in [1.29, 1.82) is 0 Å². The van der Waals surface area contributed by atoms with Gasteiger partial charge in [-0.15, -0.1) is 0 Å². The van der Waals surface area contributed by atoms with Crippen molar-refractivity contribution in [3.8, 4) is 0 Å². The van der Waals surface area contributed by atoms with Crippen LogP contribution in [0.1, 0.15) is 26.7 Å². The topological polar surface area (TPSA) is 37.3 Å². The van der Waals surface area contributed by atoms with Crippen molar-refractivity contribution in [3.63, 3.8) is 0 Å². The first-order chi connectivity index (χ1) is 4.70. The molecule has 0 radical (unpaired) electrons. The molecule has 0 spiro atoms. The molecule has 2 nitrogen and oxygen atoms in total. The summed E-state index contributed by atoms with van der Waals surface area (Å²) in [5.41, 5.74) is 0. The molecule has 0 heterocycles. The number of rotatable bonds is 4. The Morgan fingerprint density at radius 1 is 1.70 bits per heavy atom. The fraction of sp³-hybridized carbons (Fsp3) is 0.625. The van der Waals surface area contributed by atoms with Gasteiger partial charge in [0, 0.05) is 0 Å². The maximum atomic E-state index is 10.2. The van der Waals surface area contributed by atoms with Crippen molar-refractivity contribution in [2.75, 3.05) is 0 Å².